The third-order valence-corrected chi connectivity index (χ3v) is 5.06. The Kier molecular flexibility index (Phi) is 5.35. The van der Waals surface area contributed by atoms with E-state index in [4.69, 9.17) is 23.2 Å². The summed E-state index contributed by atoms with van der Waals surface area (Å²) in [6.07, 6.45) is 3.40. The minimum Gasteiger partial charge on any atom is -0.268 e. The molecular formula is C22H13Cl2N3O3. The Bertz CT molecular complexity index is 1360. The molecule has 30 heavy (non-hydrogen) atoms. The summed E-state index contributed by atoms with van der Waals surface area (Å²) in [5, 5.41) is 12.4. The van der Waals surface area contributed by atoms with Crippen LogP contribution in [0.15, 0.2) is 71.5 Å². The molecule has 1 heterocycles. The van der Waals surface area contributed by atoms with Crippen LogP contribution in [0.2, 0.25) is 10.0 Å². The van der Waals surface area contributed by atoms with Crippen LogP contribution in [0.5, 0.6) is 0 Å². The molecule has 4 rings (SSSR count). The summed E-state index contributed by atoms with van der Waals surface area (Å²) < 4.78 is 1.41. The fraction of sp³-hybridized carbons (Fsp3) is 0. The van der Waals surface area contributed by atoms with E-state index >= 15 is 0 Å². The van der Waals surface area contributed by atoms with Gasteiger partial charge >= 0.3 is 0 Å². The topological polar surface area (TPSA) is 78.0 Å². The number of hydrogen-bond acceptors (Lipinski definition) is 4. The summed E-state index contributed by atoms with van der Waals surface area (Å²) in [4.78, 5) is 28.3. The molecule has 0 aliphatic heterocycles. The van der Waals surface area contributed by atoms with Crippen molar-refractivity contribution in [3.63, 3.8) is 0 Å². The normalized spacial score (nSPS) is 11.3. The Morgan fingerprint density at radius 2 is 1.70 bits per heavy atom. The van der Waals surface area contributed by atoms with Crippen molar-refractivity contribution in [2.75, 3.05) is 0 Å². The molecule has 4 aromatic rings. The van der Waals surface area contributed by atoms with Crippen LogP contribution in [-0.4, -0.2) is 14.5 Å². The van der Waals surface area contributed by atoms with Crippen molar-refractivity contribution in [1.82, 2.24) is 9.55 Å². The number of hydrogen-bond donors (Lipinski definition) is 0. The lowest BCUT2D eigenvalue weighted by atomic mass is 10.2. The third-order valence-electron chi connectivity index (χ3n) is 4.49. The standard InChI is InChI=1S/C22H13Cl2N3O3/c23-15-7-5-14(19(24)13-15)6-12-21-25-20-4-2-1-3-18(20)22(28)26(21)16-8-10-17(11-9-16)27(29)30/h1-13H. The van der Waals surface area contributed by atoms with E-state index in [-0.39, 0.29) is 11.2 Å². The lowest BCUT2D eigenvalue weighted by molar-refractivity contribution is -0.384. The van der Waals surface area contributed by atoms with Gasteiger partial charge in [-0.1, -0.05) is 41.4 Å². The maximum atomic E-state index is 13.2. The highest BCUT2D eigenvalue weighted by Crippen LogP contribution is 2.23. The number of nitro groups is 1. The molecule has 0 saturated carbocycles. The summed E-state index contributed by atoms with van der Waals surface area (Å²) in [6, 6.07) is 17.8. The molecule has 0 aliphatic carbocycles. The number of nitro benzene ring substituents is 1. The zero-order valence-electron chi connectivity index (χ0n) is 15.3. The fourth-order valence-electron chi connectivity index (χ4n) is 3.04. The molecule has 3 aromatic carbocycles. The van der Waals surface area contributed by atoms with Crippen LogP contribution >= 0.6 is 23.2 Å². The van der Waals surface area contributed by atoms with Gasteiger partial charge in [-0.05, 0) is 54.1 Å². The van der Waals surface area contributed by atoms with Crippen LogP contribution < -0.4 is 5.56 Å². The maximum absolute atomic E-state index is 13.2. The van der Waals surface area contributed by atoms with Gasteiger partial charge in [-0.2, -0.15) is 0 Å². The first-order chi connectivity index (χ1) is 14.4. The first kappa shape index (κ1) is 19.8. The predicted molar refractivity (Wildman–Crippen MR) is 119 cm³/mol. The van der Waals surface area contributed by atoms with Crippen LogP contribution in [0.3, 0.4) is 0 Å². The predicted octanol–water partition coefficient (Wildman–Crippen LogP) is 5.77. The molecule has 0 unspecified atom stereocenters. The Labute approximate surface area is 180 Å². The fourth-order valence-corrected chi connectivity index (χ4v) is 3.51. The highest BCUT2D eigenvalue weighted by molar-refractivity contribution is 6.35. The quantitative estimate of drug-likeness (QED) is 0.299. The lowest BCUT2D eigenvalue weighted by Gasteiger charge is -2.11. The van der Waals surface area contributed by atoms with Crippen molar-refractivity contribution in [3.05, 3.63) is 109 Å². The van der Waals surface area contributed by atoms with Crippen LogP contribution in [0.4, 0.5) is 5.69 Å². The van der Waals surface area contributed by atoms with Gasteiger partial charge in [0.15, 0.2) is 0 Å². The number of fused-ring (bicyclic) bond motifs is 1. The molecule has 0 radical (unpaired) electrons. The van der Waals surface area contributed by atoms with Gasteiger partial charge in [-0.15, -0.1) is 0 Å². The number of para-hydroxylation sites is 1. The van der Waals surface area contributed by atoms with Crippen molar-refractivity contribution in [1.29, 1.82) is 0 Å². The van der Waals surface area contributed by atoms with E-state index in [2.05, 4.69) is 4.98 Å². The summed E-state index contributed by atoms with van der Waals surface area (Å²) in [5.74, 6) is 0.360. The second-order valence-corrected chi connectivity index (χ2v) is 7.24. The molecule has 1 aromatic heterocycles. The van der Waals surface area contributed by atoms with E-state index in [1.165, 1.54) is 28.8 Å². The monoisotopic (exact) mass is 437 g/mol. The van der Waals surface area contributed by atoms with E-state index in [9.17, 15) is 14.9 Å². The molecular weight excluding hydrogens is 425 g/mol. The van der Waals surface area contributed by atoms with Gasteiger partial charge in [0.05, 0.1) is 21.5 Å². The molecule has 0 bridgehead atoms. The maximum Gasteiger partial charge on any atom is 0.269 e. The molecule has 0 saturated heterocycles. The summed E-state index contributed by atoms with van der Waals surface area (Å²) in [6.45, 7) is 0. The molecule has 0 N–H and O–H groups in total. The molecule has 8 heteroatoms. The van der Waals surface area contributed by atoms with E-state index < -0.39 is 4.92 Å². The Morgan fingerprint density at radius 3 is 2.40 bits per heavy atom. The van der Waals surface area contributed by atoms with Gasteiger partial charge < -0.3 is 0 Å². The number of halogens is 2. The first-order valence-corrected chi connectivity index (χ1v) is 9.59. The van der Waals surface area contributed by atoms with E-state index in [0.717, 1.165) is 0 Å². The van der Waals surface area contributed by atoms with Gasteiger partial charge in [-0.25, -0.2) is 4.98 Å². The molecule has 0 aliphatic rings. The average molecular weight is 438 g/mol. The average Bonchev–Trinajstić information content (AvgIpc) is 2.73. The molecule has 6 nitrogen and oxygen atoms in total. The highest BCUT2D eigenvalue weighted by Gasteiger charge is 2.13. The van der Waals surface area contributed by atoms with Crippen molar-refractivity contribution in [2.24, 2.45) is 0 Å². The minimum atomic E-state index is -0.492. The SMILES string of the molecule is O=c1c2ccccc2nc(C=Cc2ccc(Cl)cc2Cl)n1-c1ccc([N+](=O)[O-])cc1. The summed E-state index contributed by atoms with van der Waals surface area (Å²) in [5.41, 5.74) is 1.37. The molecule has 148 valence electrons. The van der Waals surface area contributed by atoms with Crippen molar-refractivity contribution >= 4 is 51.9 Å². The Morgan fingerprint density at radius 1 is 0.967 bits per heavy atom. The Hall–Kier alpha value is -3.48. The highest BCUT2D eigenvalue weighted by atomic mass is 35.5. The van der Waals surface area contributed by atoms with Crippen molar-refractivity contribution in [2.45, 2.75) is 0 Å². The number of benzene rings is 3. The van der Waals surface area contributed by atoms with Gasteiger partial charge in [-0.3, -0.25) is 19.5 Å². The number of aromatic nitrogens is 2. The van der Waals surface area contributed by atoms with Crippen molar-refractivity contribution < 1.29 is 4.92 Å². The van der Waals surface area contributed by atoms with E-state index in [0.29, 0.717) is 38.0 Å². The third kappa shape index (κ3) is 3.83. The molecule has 0 spiro atoms. The van der Waals surface area contributed by atoms with Crippen LogP contribution in [0, 0.1) is 10.1 Å². The first-order valence-electron chi connectivity index (χ1n) is 8.84. The van der Waals surface area contributed by atoms with Crippen LogP contribution in [0.25, 0.3) is 28.7 Å². The zero-order chi connectivity index (χ0) is 21.3. The van der Waals surface area contributed by atoms with Gasteiger partial charge in [0.2, 0.25) is 0 Å². The van der Waals surface area contributed by atoms with E-state index in [1.54, 1.807) is 54.6 Å². The summed E-state index contributed by atoms with van der Waals surface area (Å²) >= 11 is 12.2. The van der Waals surface area contributed by atoms with Gasteiger partial charge in [0.25, 0.3) is 11.2 Å². The van der Waals surface area contributed by atoms with Crippen molar-refractivity contribution in [3.8, 4) is 5.69 Å². The van der Waals surface area contributed by atoms with Crippen LogP contribution in [-0.2, 0) is 0 Å². The zero-order valence-corrected chi connectivity index (χ0v) is 16.8. The lowest BCUT2D eigenvalue weighted by Crippen LogP contribution is -2.22. The number of rotatable bonds is 4. The number of non-ortho nitro benzene ring substituents is 1. The van der Waals surface area contributed by atoms with Crippen LogP contribution in [0.1, 0.15) is 11.4 Å². The van der Waals surface area contributed by atoms with E-state index in [1.807, 2.05) is 0 Å². The minimum absolute atomic E-state index is 0.0643. The number of nitrogens with zero attached hydrogens (tertiary/aromatic N) is 3. The second kappa shape index (κ2) is 8.10. The van der Waals surface area contributed by atoms with Gasteiger partial charge in [0.1, 0.15) is 5.82 Å². The molecule has 0 amide bonds. The smallest absolute Gasteiger partial charge is 0.268 e. The second-order valence-electron chi connectivity index (χ2n) is 6.40. The summed E-state index contributed by atoms with van der Waals surface area (Å²) in [7, 11) is 0. The van der Waals surface area contributed by atoms with Gasteiger partial charge in [0, 0.05) is 22.2 Å². The molecule has 0 fully saturated rings. The Balaban J connectivity index is 1.91. The molecule has 0 atom stereocenters. The largest absolute Gasteiger partial charge is 0.269 e.